The number of ether oxygens (including phenoxy) is 2. The number of nitrogens with zero attached hydrogens (tertiary/aromatic N) is 1. The summed E-state index contributed by atoms with van der Waals surface area (Å²) in [6.07, 6.45) is 1.47. The standard InChI is InChI=1S/C24H22ClN3O4/c1-16-6-5-7-18(12-16)26-15-23(29)28-27-14-17-10-11-21(22(13-17)31-2)32-24(30)19-8-3-4-9-20(19)25/h3-14,26H,15H2,1-2H3,(H,28,29)/b27-14-. The predicted octanol–water partition coefficient (Wildman–Crippen LogP) is 4.44. The minimum Gasteiger partial charge on any atom is -0.493 e. The van der Waals surface area contributed by atoms with E-state index in [0.29, 0.717) is 16.3 Å². The molecule has 8 heteroatoms. The predicted molar refractivity (Wildman–Crippen MR) is 125 cm³/mol. The lowest BCUT2D eigenvalue weighted by atomic mass is 10.2. The van der Waals surface area contributed by atoms with Crippen molar-refractivity contribution in [3.63, 3.8) is 0 Å². The zero-order chi connectivity index (χ0) is 22.9. The van der Waals surface area contributed by atoms with Gasteiger partial charge in [0.05, 0.1) is 30.5 Å². The summed E-state index contributed by atoms with van der Waals surface area (Å²) in [5.41, 5.74) is 5.31. The molecule has 2 N–H and O–H groups in total. The van der Waals surface area contributed by atoms with E-state index in [9.17, 15) is 9.59 Å². The van der Waals surface area contributed by atoms with Crippen LogP contribution in [0.2, 0.25) is 5.02 Å². The molecule has 7 nitrogen and oxygen atoms in total. The highest BCUT2D eigenvalue weighted by atomic mass is 35.5. The first-order valence-electron chi connectivity index (χ1n) is 9.73. The Labute approximate surface area is 191 Å². The molecule has 32 heavy (non-hydrogen) atoms. The number of amides is 1. The third kappa shape index (κ3) is 6.33. The SMILES string of the molecule is COc1cc(/C=N\NC(=O)CNc2cccc(C)c2)ccc1OC(=O)c1ccccc1Cl. The normalized spacial score (nSPS) is 10.6. The summed E-state index contributed by atoms with van der Waals surface area (Å²) in [4.78, 5) is 24.3. The lowest BCUT2D eigenvalue weighted by molar-refractivity contribution is -0.119. The summed E-state index contributed by atoms with van der Waals surface area (Å²) < 4.78 is 10.7. The highest BCUT2D eigenvalue weighted by molar-refractivity contribution is 6.33. The van der Waals surface area contributed by atoms with Gasteiger partial charge >= 0.3 is 5.97 Å². The Morgan fingerprint density at radius 2 is 1.84 bits per heavy atom. The maximum atomic E-state index is 12.4. The Hall–Kier alpha value is -3.84. The summed E-state index contributed by atoms with van der Waals surface area (Å²) >= 11 is 6.04. The molecule has 3 aromatic carbocycles. The van der Waals surface area contributed by atoms with Crippen molar-refractivity contribution < 1.29 is 19.1 Å². The minimum atomic E-state index is -0.594. The Kier molecular flexibility index (Phi) is 7.83. The molecule has 0 saturated heterocycles. The number of carbonyl (C=O) groups is 2. The lowest BCUT2D eigenvalue weighted by Crippen LogP contribution is -2.25. The van der Waals surface area contributed by atoms with E-state index in [4.69, 9.17) is 21.1 Å². The van der Waals surface area contributed by atoms with Crippen LogP contribution >= 0.6 is 11.6 Å². The van der Waals surface area contributed by atoms with Crippen molar-refractivity contribution >= 4 is 35.4 Å². The second-order valence-corrected chi connectivity index (χ2v) is 7.20. The number of anilines is 1. The molecule has 0 aliphatic rings. The zero-order valence-electron chi connectivity index (χ0n) is 17.6. The van der Waals surface area contributed by atoms with Gasteiger partial charge in [0.1, 0.15) is 0 Å². The van der Waals surface area contributed by atoms with Crippen LogP contribution in [0, 0.1) is 6.92 Å². The van der Waals surface area contributed by atoms with E-state index in [2.05, 4.69) is 15.8 Å². The molecule has 0 atom stereocenters. The molecule has 0 unspecified atom stereocenters. The monoisotopic (exact) mass is 451 g/mol. The summed E-state index contributed by atoms with van der Waals surface area (Å²) in [5.74, 6) is -0.313. The molecule has 0 radical (unpaired) electrons. The van der Waals surface area contributed by atoms with E-state index in [0.717, 1.165) is 11.3 Å². The number of rotatable bonds is 8. The smallest absolute Gasteiger partial charge is 0.345 e. The molecule has 0 heterocycles. The van der Waals surface area contributed by atoms with Crippen molar-refractivity contribution in [2.24, 2.45) is 5.10 Å². The number of hydrazone groups is 1. The Bertz CT molecular complexity index is 1150. The van der Waals surface area contributed by atoms with Crippen LogP contribution in [0.25, 0.3) is 0 Å². The van der Waals surface area contributed by atoms with Gasteiger partial charge in [-0.15, -0.1) is 0 Å². The van der Waals surface area contributed by atoms with E-state index < -0.39 is 5.97 Å². The van der Waals surface area contributed by atoms with Gasteiger partial charge in [-0.25, -0.2) is 10.2 Å². The van der Waals surface area contributed by atoms with E-state index in [-0.39, 0.29) is 23.8 Å². The average Bonchev–Trinajstić information content (AvgIpc) is 2.79. The Morgan fingerprint density at radius 3 is 2.59 bits per heavy atom. The van der Waals surface area contributed by atoms with Crippen LogP contribution in [0.4, 0.5) is 5.69 Å². The maximum Gasteiger partial charge on any atom is 0.345 e. The first kappa shape index (κ1) is 22.8. The molecule has 0 saturated carbocycles. The van der Waals surface area contributed by atoms with Crippen molar-refractivity contribution in [3.8, 4) is 11.5 Å². The van der Waals surface area contributed by atoms with Crippen molar-refractivity contribution in [1.82, 2.24) is 5.43 Å². The minimum absolute atomic E-state index is 0.0844. The third-order valence-electron chi connectivity index (χ3n) is 4.36. The highest BCUT2D eigenvalue weighted by Crippen LogP contribution is 2.29. The van der Waals surface area contributed by atoms with Crippen LogP contribution in [0.15, 0.2) is 71.8 Å². The van der Waals surface area contributed by atoms with Gasteiger partial charge < -0.3 is 14.8 Å². The Morgan fingerprint density at radius 1 is 1.03 bits per heavy atom. The molecule has 0 aliphatic heterocycles. The molecule has 0 aromatic heterocycles. The molecular weight excluding hydrogens is 430 g/mol. The van der Waals surface area contributed by atoms with Gasteiger partial charge in [0, 0.05) is 5.69 Å². The highest BCUT2D eigenvalue weighted by Gasteiger charge is 2.15. The zero-order valence-corrected chi connectivity index (χ0v) is 18.3. The van der Waals surface area contributed by atoms with E-state index in [1.807, 2.05) is 31.2 Å². The number of nitrogens with one attached hydrogen (secondary N) is 2. The molecular formula is C24H22ClN3O4. The number of hydrogen-bond acceptors (Lipinski definition) is 6. The van der Waals surface area contributed by atoms with Gasteiger partial charge in [-0.1, -0.05) is 35.9 Å². The average molecular weight is 452 g/mol. The molecule has 1 amide bonds. The number of halogens is 1. The molecule has 3 rings (SSSR count). The largest absolute Gasteiger partial charge is 0.493 e. The molecule has 3 aromatic rings. The van der Waals surface area contributed by atoms with Gasteiger partial charge in [-0.2, -0.15) is 5.10 Å². The number of esters is 1. The van der Waals surface area contributed by atoms with Gasteiger partial charge in [-0.3, -0.25) is 4.79 Å². The fourth-order valence-electron chi connectivity index (χ4n) is 2.79. The van der Waals surface area contributed by atoms with Crippen molar-refractivity contribution in [1.29, 1.82) is 0 Å². The van der Waals surface area contributed by atoms with E-state index >= 15 is 0 Å². The summed E-state index contributed by atoms with van der Waals surface area (Å²) in [5, 5.41) is 7.28. The number of aryl methyl sites for hydroxylation is 1. The van der Waals surface area contributed by atoms with Gasteiger partial charge in [-0.05, 0) is 60.5 Å². The molecule has 0 bridgehead atoms. The first-order chi connectivity index (χ1) is 15.5. The third-order valence-corrected chi connectivity index (χ3v) is 4.69. The number of methoxy groups -OCH3 is 1. The summed E-state index contributed by atoms with van der Waals surface area (Å²) in [6, 6.07) is 19.2. The fraction of sp³-hybridized carbons (Fsp3) is 0.125. The van der Waals surface area contributed by atoms with Crippen LogP contribution in [0.3, 0.4) is 0 Å². The van der Waals surface area contributed by atoms with E-state index in [1.165, 1.54) is 13.3 Å². The summed E-state index contributed by atoms with van der Waals surface area (Å²) in [6.45, 7) is 2.06. The van der Waals surface area contributed by atoms with Crippen LogP contribution in [-0.2, 0) is 4.79 Å². The van der Waals surface area contributed by atoms with Crippen molar-refractivity contribution in [2.75, 3.05) is 19.0 Å². The van der Waals surface area contributed by atoms with Crippen LogP contribution < -0.4 is 20.2 Å². The topological polar surface area (TPSA) is 89.0 Å². The molecule has 0 aliphatic carbocycles. The molecule has 0 spiro atoms. The fourth-order valence-corrected chi connectivity index (χ4v) is 3.00. The van der Waals surface area contributed by atoms with Crippen LogP contribution in [0.5, 0.6) is 11.5 Å². The van der Waals surface area contributed by atoms with Gasteiger partial charge in [0.25, 0.3) is 5.91 Å². The second-order valence-electron chi connectivity index (χ2n) is 6.80. The Balaban J connectivity index is 1.58. The van der Waals surface area contributed by atoms with Gasteiger partial charge in [0.2, 0.25) is 0 Å². The van der Waals surface area contributed by atoms with Crippen molar-refractivity contribution in [3.05, 3.63) is 88.4 Å². The first-order valence-corrected chi connectivity index (χ1v) is 10.1. The van der Waals surface area contributed by atoms with Gasteiger partial charge in [0.15, 0.2) is 11.5 Å². The molecule has 164 valence electrons. The quantitative estimate of drug-likeness (QED) is 0.229. The lowest BCUT2D eigenvalue weighted by Gasteiger charge is -2.10. The number of carbonyl (C=O) groups excluding carboxylic acids is 2. The second kappa shape index (κ2) is 11.0. The maximum absolute atomic E-state index is 12.4. The molecule has 0 fully saturated rings. The van der Waals surface area contributed by atoms with Crippen LogP contribution in [-0.4, -0.2) is 31.7 Å². The number of hydrogen-bond donors (Lipinski definition) is 2. The van der Waals surface area contributed by atoms with E-state index in [1.54, 1.807) is 42.5 Å². The van der Waals surface area contributed by atoms with Crippen LogP contribution in [0.1, 0.15) is 21.5 Å². The number of benzene rings is 3. The summed E-state index contributed by atoms with van der Waals surface area (Å²) in [7, 11) is 1.46. The van der Waals surface area contributed by atoms with Crippen molar-refractivity contribution in [2.45, 2.75) is 6.92 Å².